The van der Waals surface area contributed by atoms with Crippen molar-refractivity contribution in [3.63, 3.8) is 0 Å². The Labute approximate surface area is 91.7 Å². The molecule has 0 atom stereocenters. The van der Waals surface area contributed by atoms with E-state index in [-0.39, 0.29) is 16.3 Å². The lowest BCUT2D eigenvalue weighted by atomic mass is 10.2. The van der Waals surface area contributed by atoms with Crippen LogP contribution in [0.4, 0.5) is 5.69 Å². The maximum Gasteiger partial charge on any atom is 0.337 e. The quantitative estimate of drug-likeness (QED) is 0.848. The van der Waals surface area contributed by atoms with Crippen molar-refractivity contribution in [2.24, 2.45) is 0 Å². The molecule has 82 valence electrons. The molecule has 5 nitrogen and oxygen atoms in total. The average Bonchev–Trinajstić information content (AvgIpc) is 2.05. The SMILES string of the molecule is CS(=O)(=O)Nc1ccc(Cl)cc1C(=O)O. The van der Waals surface area contributed by atoms with Gasteiger partial charge in [0, 0.05) is 5.02 Å². The largest absolute Gasteiger partial charge is 0.478 e. The highest BCUT2D eigenvalue weighted by Gasteiger charge is 2.13. The molecule has 1 aromatic carbocycles. The molecule has 0 saturated heterocycles. The first-order valence-electron chi connectivity index (χ1n) is 3.80. The number of carbonyl (C=O) groups is 1. The van der Waals surface area contributed by atoms with E-state index < -0.39 is 16.0 Å². The summed E-state index contributed by atoms with van der Waals surface area (Å²) >= 11 is 5.59. The van der Waals surface area contributed by atoms with Crippen LogP contribution in [0.3, 0.4) is 0 Å². The normalized spacial score (nSPS) is 11.1. The standard InChI is InChI=1S/C8H8ClNO4S/c1-15(13,14)10-7-3-2-5(9)4-6(7)8(11)12/h2-4,10H,1H3,(H,11,12). The molecule has 0 aliphatic heterocycles. The third-order valence-electron chi connectivity index (χ3n) is 1.51. The number of carboxylic acids is 1. The van der Waals surface area contributed by atoms with Crippen LogP contribution in [-0.2, 0) is 10.0 Å². The topological polar surface area (TPSA) is 83.5 Å². The van der Waals surface area contributed by atoms with E-state index in [0.29, 0.717) is 0 Å². The summed E-state index contributed by atoms with van der Waals surface area (Å²) in [6, 6.07) is 3.88. The van der Waals surface area contributed by atoms with Gasteiger partial charge in [-0.05, 0) is 18.2 Å². The molecule has 7 heteroatoms. The summed E-state index contributed by atoms with van der Waals surface area (Å²) in [5.41, 5.74) is -0.192. The molecule has 0 amide bonds. The van der Waals surface area contributed by atoms with E-state index in [1.807, 2.05) is 0 Å². The van der Waals surface area contributed by atoms with Crippen molar-refractivity contribution in [2.45, 2.75) is 0 Å². The summed E-state index contributed by atoms with van der Waals surface area (Å²) in [7, 11) is -3.50. The van der Waals surface area contributed by atoms with E-state index in [2.05, 4.69) is 4.72 Å². The molecule has 0 aliphatic carbocycles. The van der Waals surface area contributed by atoms with Gasteiger partial charge in [0.05, 0.1) is 17.5 Å². The number of hydrogen-bond donors (Lipinski definition) is 2. The maximum absolute atomic E-state index is 10.9. The zero-order valence-corrected chi connectivity index (χ0v) is 9.26. The summed E-state index contributed by atoms with van der Waals surface area (Å²) in [4.78, 5) is 10.8. The van der Waals surface area contributed by atoms with Gasteiger partial charge in [0.1, 0.15) is 0 Å². The van der Waals surface area contributed by atoms with Gasteiger partial charge < -0.3 is 5.11 Å². The average molecular weight is 250 g/mol. The summed E-state index contributed by atoms with van der Waals surface area (Å²) in [5, 5.41) is 9.02. The first kappa shape index (κ1) is 11.8. The molecule has 0 heterocycles. The Bertz CT molecular complexity index is 497. The van der Waals surface area contributed by atoms with Crippen LogP contribution in [0.2, 0.25) is 5.02 Å². The van der Waals surface area contributed by atoms with E-state index in [4.69, 9.17) is 16.7 Å². The van der Waals surface area contributed by atoms with Crippen molar-refractivity contribution in [3.8, 4) is 0 Å². The Morgan fingerprint density at radius 2 is 2.07 bits per heavy atom. The Hall–Kier alpha value is -1.27. The molecular weight excluding hydrogens is 242 g/mol. The van der Waals surface area contributed by atoms with Crippen LogP contribution < -0.4 is 4.72 Å². The zero-order chi connectivity index (χ0) is 11.6. The highest BCUT2D eigenvalue weighted by molar-refractivity contribution is 7.92. The second kappa shape index (κ2) is 4.08. The van der Waals surface area contributed by atoms with Crippen LogP contribution in [0.1, 0.15) is 10.4 Å². The number of benzene rings is 1. The Kier molecular flexibility index (Phi) is 3.21. The molecular formula is C8H8ClNO4S. The molecule has 2 N–H and O–H groups in total. The van der Waals surface area contributed by atoms with Crippen molar-refractivity contribution in [2.75, 3.05) is 11.0 Å². The van der Waals surface area contributed by atoms with Crippen LogP contribution in [0.25, 0.3) is 0 Å². The number of halogens is 1. The molecule has 0 radical (unpaired) electrons. The predicted molar refractivity (Wildman–Crippen MR) is 56.9 cm³/mol. The summed E-state index contributed by atoms with van der Waals surface area (Å²) in [6.45, 7) is 0. The Balaban J connectivity index is 3.24. The molecule has 0 unspecified atom stereocenters. The number of sulfonamides is 1. The van der Waals surface area contributed by atoms with Gasteiger partial charge in [-0.3, -0.25) is 4.72 Å². The van der Waals surface area contributed by atoms with Crippen molar-refractivity contribution in [1.29, 1.82) is 0 Å². The second-order valence-corrected chi connectivity index (χ2v) is 5.05. The molecule has 1 rings (SSSR count). The molecule has 0 spiro atoms. The van der Waals surface area contributed by atoms with Gasteiger partial charge in [0.25, 0.3) is 0 Å². The fourth-order valence-electron chi connectivity index (χ4n) is 0.982. The van der Waals surface area contributed by atoms with Crippen LogP contribution in [0.5, 0.6) is 0 Å². The fraction of sp³-hybridized carbons (Fsp3) is 0.125. The van der Waals surface area contributed by atoms with Gasteiger partial charge in [-0.1, -0.05) is 11.6 Å². The maximum atomic E-state index is 10.9. The van der Waals surface area contributed by atoms with Crippen LogP contribution >= 0.6 is 11.6 Å². The van der Waals surface area contributed by atoms with E-state index in [1.54, 1.807) is 0 Å². The van der Waals surface area contributed by atoms with Gasteiger partial charge >= 0.3 is 5.97 Å². The molecule has 1 aromatic rings. The van der Waals surface area contributed by atoms with Crippen molar-refractivity contribution in [3.05, 3.63) is 28.8 Å². The van der Waals surface area contributed by atoms with Crippen LogP contribution in [0.15, 0.2) is 18.2 Å². The molecule has 0 saturated carbocycles. The smallest absolute Gasteiger partial charge is 0.337 e. The lowest BCUT2D eigenvalue weighted by Gasteiger charge is -2.07. The third-order valence-corrected chi connectivity index (χ3v) is 2.33. The Morgan fingerprint density at radius 1 is 1.47 bits per heavy atom. The molecule has 0 bridgehead atoms. The number of hydrogen-bond acceptors (Lipinski definition) is 3. The summed E-state index contributed by atoms with van der Waals surface area (Å²) < 4.78 is 23.9. The minimum Gasteiger partial charge on any atom is -0.478 e. The van der Waals surface area contributed by atoms with Gasteiger partial charge in [-0.2, -0.15) is 0 Å². The lowest BCUT2D eigenvalue weighted by Crippen LogP contribution is -2.13. The van der Waals surface area contributed by atoms with Crippen LogP contribution in [0, 0.1) is 0 Å². The van der Waals surface area contributed by atoms with Crippen molar-refractivity contribution in [1.82, 2.24) is 0 Å². The molecule has 0 fully saturated rings. The summed E-state index contributed by atoms with van der Waals surface area (Å²) in [6.07, 6.45) is 0.938. The number of aromatic carboxylic acids is 1. The minimum atomic E-state index is -3.50. The van der Waals surface area contributed by atoms with E-state index in [9.17, 15) is 13.2 Å². The molecule has 0 aliphatic rings. The Morgan fingerprint density at radius 3 is 2.53 bits per heavy atom. The molecule has 15 heavy (non-hydrogen) atoms. The number of carboxylic acid groups (broad SMARTS) is 1. The molecule has 0 aromatic heterocycles. The summed E-state index contributed by atoms with van der Waals surface area (Å²) in [5.74, 6) is -1.25. The first-order valence-corrected chi connectivity index (χ1v) is 6.07. The lowest BCUT2D eigenvalue weighted by molar-refractivity contribution is 0.0698. The highest BCUT2D eigenvalue weighted by Crippen LogP contribution is 2.21. The van der Waals surface area contributed by atoms with E-state index >= 15 is 0 Å². The monoisotopic (exact) mass is 249 g/mol. The van der Waals surface area contributed by atoms with Crippen molar-refractivity contribution < 1.29 is 18.3 Å². The predicted octanol–water partition coefficient (Wildman–Crippen LogP) is 1.41. The van der Waals surface area contributed by atoms with Crippen molar-refractivity contribution >= 4 is 33.3 Å². The van der Waals surface area contributed by atoms with Gasteiger partial charge in [0.15, 0.2) is 0 Å². The van der Waals surface area contributed by atoms with Gasteiger partial charge in [-0.15, -0.1) is 0 Å². The first-order chi connectivity index (χ1) is 6.79. The number of rotatable bonds is 3. The number of nitrogens with one attached hydrogen (secondary N) is 1. The zero-order valence-electron chi connectivity index (χ0n) is 7.69. The minimum absolute atomic E-state index is 0.00519. The number of anilines is 1. The highest BCUT2D eigenvalue weighted by atomic mass is 35.5. The van der Waals surface area contributed by atoms with Crippen LogP contribution in [-0.4, -0.2) is 25.7 Å². The van der Waals surface area contributed by atoms with Gasteiger partial charge in [0.2, 0.25) is 10.0 Å². The fourth-order valence-corrected chi connectivity index (χ4v) is 1.73. The second-order valence-electron chi connectivity index (χ2n) is 2.87. The third kappa shape index (κ3) is 3.41. The van der Waals surface area contributed by atoms with E-state index in [0.717, 1.165) is 6.26 Å². The van der Waals surface area contributed by atoms with Gasteiger partial charge in [-0.25, -0.2) is 13.2 Å². The van der Waals surface area contributed by atoms with E-state index in [1.165, 1.54) is 18.2 Å².